The van der Waals surface area contributed by atoms with E-state index in [1.54, 1.807) is 21.3 Å². The molecule has 0 aromatic heterocycles. The number of benzene rings is 1. The first-order valence-corrected chi connectivity index (χ1v) is 18.0. The van der Waals surface area contributed by atoms with E-state index in [9.17, 15) is 0 Å². The van der Waals surface area contributed by atoms with Crippen LogP contribution in [0.1, 0.15) is 5.56 Å². The van der Waals surface area contributed by atoms with Crippen LogP contribution in [0.5, 0.6) is 17.2 Å². The molecular weight excluding hydrogens is 600 g/mol. The molecule has 0 fully saturated rings. The molecule has 0 bridgehead atoms. The molecule has 1 aromatic rings. The van der Waals surface area contributed by atoms with E-state index in [-0.39, 0.29) is 4.92 Å². The molecule has 0 aliphatic heterocycles. The van der Waals surface area contributed by atoms with Gasteiger partial charge in [0.25, 0.3) is 0 Å². The van der Waals surface area contributed by atoms with Gasteiger partial charge in [0.15, 0.2) is 11.5 Å². The van der Waals surface area contributed by atoms with Gasteiger partial charge >= 0.3 is 64.9 Å². The average Bonchev–Trinajstić information content (AvgIpc) is 2.26. The summed E-state index contributed by atoms with van der Waals surface area (Å²) in [7, 11) is 4.81. The topological polar surface area (TPSA) is 27.7 Å². The van der Waals surface area contributed by atoms with Gasteiger partial charge in [0.2, 0.25) is 5.75 Å². The van der Waals surface area contributed by atoms with E-state index in [0.29, 0.717) is 17.2 Å². The number of rotatable bonds is 3. The van der Waals surface area contributed by atoms with E-state index < -0.39 is 0 Å². The van der Waals surface area contributed by atoms with Crippen LogP contribution in [0.4, 0.5) is 0 Å². The van der Waals surface area contributed by atoms with Crippen molar-refractivity contribution in [3.8, 4) is 17.2 Å². The van der Waals surface area contributed by atoms with Crippen LogP contribution in [0.3, 0.4) is 0 Å². The van der Waals surface area contributed by atoms with Crippen LogP contribution in [0.2, 0.25) is 0 Å². The molecule has 0 unspecified atom stereocenters. The Morgan fingerprint density at radius 3 is 1.47 bits per heavy atom. The molecular formula is C10H14I3O3V. The van der Waals surface area contributed by atoms with Crippen molar-refractivity contribution < 1.29 is 19.1 Å². The molecule has 0 radical (unpaired) electrons. The van der Waals surface area contributed by atoms with Crippen LogP contribution >= 0.6 is 59.9 Å². The molecule has 98 valence electrons. The zero-order valence-corrected chi connectivity index (χ0v) is 17.8. The molecule has 0 amide bonds. The van der Waals surface area contributed by atoms with Crippen molar-refractivity contribution in [3.63, 3.8) is 0 Å². The van der Waals surface area contributed by atoms with Gasteiger partial charge in [0.1, 0.15) is 0 Å². The molecule has 0 aliphatic rings. The Morgan fingerprint density at radius 2 is 1.24 bits per heavy atom. The van der Waals surface area contributed by atoms with Gasteiger partial charge in [-0.15, -0.1) is 0 Å². The molecule has 17 heavy (non-hydrogen) atoms. The molecule has 1 aromatic carbocycles. The molecule has 3 nitrogen and oxygen atoms in total. The van der Waals surface area contributed by atoms with Gasteiger partial charge in [-0.3, -0.25) is 0 Å². The zero-order chi connectivity index (χ0) is 13.4. The molecule has 7 heteroatoms. The van der Waals surface area contributed by atoms with Crippen molar-refractivity contribution in [2.24, 2.45) is 0 Å². The Morgan fingerprint density at radius 1 is 0.882 bits per heavy atom. The predicted octanol–water partition coefficient (Wildman–Crippen LogP) is 4.68. The minimum atomic E-state index is -0.278. The van der Waals surface area contributed by atoms with Crippen molar-refractivity contribution in [1.29, 1.82) is 0 Å². The second-order valence-electron chi connectivity index (χ2n) is 2.89. The normalized spacial score (nSPS) is 9.41. The number of hydrogen-bond acceptors (Lipinski definition) is 3. The van der Waals surface area contributed by atoms with Crippen LogP contribution in [0.25, 0.3) is 0 Å². The maximum atomic E-state index is 5.16. The van der Waals surface area contributed by atoms with E-state index >= 15 is 0 Å². The third kappa shape index (κ3) is 7.53. The first kappa shape index (κ1) is 18.4. The summed E-state index contributed by atoms with van der Waals surface area (Å²) in [4.78, 5) is -0.278. The average molecular weight is 614 g/mol. The van der Waals surface area contributed by atoms with E-state index in [1.165, 1.54) is 0 Å². The SMILES string of the molecule is COc1cc(C)cc(OC)c1OC.[I][V]([I])[I]. The zero-order valence-electron chi connectivity index (χ0n) is 9.96. The third-order valence-electron chi connectivity index (χ3n) is 1.81. The molecule has 1 rings (SSSR count). The molecule has 0 saturated carbocycles. The fourth-order valence-corrected chi connectivity index (χ4v) is 1.21. The van der Waals surface area contributed by atoms with E-state index in [2.05, 4.69) is 59.9 Å². The van der Waals surface area contributed by atoms with Crippen LogP contribution in [0, 0.1) is 6.92 Å². The Bertz CT molecular complexity index is 320. The summed E-state index contributed by atoms with van der Waals surface area (Å²) < 4.78 is 15.5. The predicted molar refractivity (Wildman–Crippen MR) is 92.9 cm³/mol. The van der Waals surface area contributed by atoms with Crippen LogP contribution in [0.15, 0.2) is 12.1 Å². The summed E-state index contributed by atoms with van der Waals surface area (Å²) >= 11 is 7.39. The summed E-state index contributed by atoms with van der Waals surface area (Å²) in [6.45, 7) is 1.98. The Labute approximate surface area is 140 Å². The maximum absolute atomic E-state index is 5.16. The van der Waals surface area contributed by atoms with Crippen molar-refractivity contribution in [2.45, 2.75) is 6.92 Å². The summed E-state index contributed by atoms with van der Waals surface area (Å²) in [6.07, 6.45) is 0. The van der Waals surface area contributed by atoms with Gasteiger partial charge in [-0.1, -0.05) is 0 Å². The second kappa shape index (κ2) is 10.2. The fourth-order valence-electron chi connectivity index (χ4n) is 1.21. The third-order valence-corrected chi connectivity index (χ3v) is 1.81. The quantitative estimate of drug-likeness (QED) is 0.464. The fraction of sp³-hybridized carbons (Fsp3) is 0.400. The number of ether oxygens (including phenoxy) is 3. The van der Waals surface area contributed by atoms with Gasteiger partial charge in [0, 0.05) is 0 Å². The molecule has 0 heterocycles. The van der Waals surface area contributed by atoms with Crippen molar-refractivity contribution in [2.75, 3.05) is 21.3 Å². The summed E-state index contributed by atoms with van der Waals surface area (Å²) in [5, 5.41) is 0. The van der Waals surface area contributed by atoms with Gasteiger partial charge in [-0.2, -0.15) is 0 Å². The van der Waals surface area contributed by atoms with Crippen molar-refractivity contribution in [3.05, 3.63) is 17.7 Å². The summed E-state index contributed by atoms with van der Waals surface area (Å²) in [5.74, 6) is 2.02. The van der Waals surface area contributed by atoms with Crippen LogP contribution in [-0.4, -0.2) is 21.3 Å². The van der Waals surface area contributed by atoms with Gasteiger partial charge < -0.3 is 14.2 Å². The van der Waals surface area contributed by atoms with Gasteiger partial charge in [0.05, 0.1) is 21.3 Å². The molecule has 0 aliphatic carbocycles. The van der Waals surface area contributed by atoms with E-state index in [1.807, 2.05) is 19.1 Å². The molecule has 0 spiro atoms. The number of aryl methyl sites for hydroxylation is 1. The van der Waals surface area contributed by atoms with Gasteiger partial charge in [-0.25, -0.2) is 0 Å². The van der Waals surface area contributed by atoms with Gasteiger partial charge in [-0.05, 0) is 24.6 Å². The standard InChI is InChI=1S/C10H14O3.3HI.V/c1-7-5-8(11-2)10(13-4)9(6-7)12-3;;;;/h5-6H,1-4H3;3*1H;/q;;;;+3/p-3. The number of hydrogen-bond donors (Lipinski definition) is 0. The van der Waals surface area contributed by atoms with Crippen molar-refractivity contribution >= 4 is 59.9 Å². The number of halogens is 3. The minimum absolute atomic E-state index is 0.278. The van der Waals surface area contributed by atoms with E-state index in [0.717, 1.165) is 5.56 Å². The van der Waals surface area contributed by atoms with Crippen LogP contribution < -0.4 is 14.2 Å². The number of methoxy groups -OCH3 is 3. The monoisotopic (exact) mass is 614 g/mol. The first-order valence-electron chi connectivity index (χ1n) is 4.50. The second-order valence-corrected chi connectivity index (χ2v) is 38.3. The molecule has 0 atom stereocenters. The molecule has 0 N–H and O–H groups in total. The Hall–Kier alpha value is 1.39. The Balaban J connectivity index is 0.000000557. The van der Waals surface area contributed by atoms with Crippen LogP contribution in [-0.2, 0) is 4.92 Å². The Kier molecular flexibility index (Phi) is 11.1. The van der Waals surface area contributed by atoms with Crippen molar-refractivity contribution in [1.82, 2.24) is 0 Å². The first-order chi connectivity index (χ1) is 7.96. The summed E-state index contributed by atoms with van der Waals surface area (Å²) in [6, 6.07) is 3.81. The summed E-state index contributed by atoms with van der Waals surface area (Å²) in [5.41, 5.74) is 1.08. The van der Waals surface area contributed by atoms with E-state index in [4.69, 9.17) is 14.2 Å². The molecule has 0 saturated heterocycles.